The van der Waals surface area contributed by atoms with Crippen molar-refractivity contribution in [2.45, 2.75) is 39.2 Å². The summed E-state index contributed by atoms with van der Waals surface area (Å²) in [6.07, 6.45) is 4.24. The minimum absolute atomic E-state index is 0.480. The number of thiophene rings is 1. The molecule has 1 nitrogen and oxygen atoms in total. The topological polar surface area (TPSA) is 12.0 Å². The van der Waals surface area contributed by atoms with Crippen LogP contribution in [-0.4, -0.2) is 6.54 Å². The summed E-state index contributed by atoms with van der Waals surface area (Å²) < 4.78 is 1.40. The van der Waals surface area contributed by atoms with Crippen molar-refractivity contribution in [3.05, 3.63) is 35.2 Å². The number of benzene rings is 1. The molecule has 0 aliphatic heterocycles. The third-order valence-electron chi connectivity index (χ3n) is 4.39. The van der Waals surface area contributed by atoms with Crippen molar-refractivity contribution in [1.82, 2.24) is 5.32 Å². The zero-order chi connectivity index (χ0) is 13.2. The lowest BCUT2D eigenvalue weighted by molar-refractivity contribution is 0.442. The van der Waals surface area contributed by atoms with Crippen molar-refractivity contribution < 1.29 is 0 Å². The second-order valence-corrected chi connectivity index (χ2v) is 7.22. The third-order valence-corrected chi connectivity index (χ3v) is 5.69. The standard InChI is InChI=1S/C17H23NS/c1-12-7-8-14(9-12)11-18-13(2)17-10-15-5-3-4-6-16(15)19-17/h3-6,10,12-14,18H,7-9,11H2,1-2H3. The molecule has 1 aliphatic carbocycles. The van der Waals surface area contributed by atoms with Gasteiger partial charge in [0.2, 0.25) is 0 Å². The Morgan fingerprint density at radius 3 is 2.89 bits per heavy atom. The summed E-state index contributed by atoms with van der Waals surface area (Å²) in [4.78, 5) is 1.47. The summed E-state index contributed by atoms with van der Waals surface area (Å²) in [7, 11) is 0. The first-order chi connectivity index (χ1) is 9.22. The molecule has 1 saturated carbocycles. The fourth-order valence-corrected chi connectivity index (χ4v) is 4.26. The van der Waals surface area contributed by atoms with Crippen molar-refractivity contribution in [3.63, 3.8) is 0 Å². The van der Waals surface area contributed by atoms with E-state index in [0.717, 1.165) is 11.8 Å². The van der Waals surface area contributed by atoms with Gasteiger partial charge in [-0.15, -0.1) is 11.3 Å². The Balaban J connectivity index is 1.61. The Labute approximate surface area is 120 Å². The van der Waals surface area contributed by atoms with Crippen molar-refractivity contribution in [1.29, 1.82) is 0 Å². The molecule has 3 atom stereocenters. The van der Waals surface area contributed by atoms with Crippen LogP contribution in [-0.2, 0) is 0 Å². The number of fused-ring (bicyclic) bond motifs is 1. The van der Waals surface area contributed by atoms with Crippen molar-refractivity contribution in [2.24, 2.45) is 11.8 Å². The molecule has 3 unspecified atom stereocenters. The fraction of sp³-hybridized carbons (Fsp3) is 0.529. The van der Waals surface area contributed by atoms with Gasteiger partial charge < -0.3 is 5.32 Å². The highest BCUT2D eigenvalue weighted by molar-refractivity contribution is 7.19. The summed E-state index contributed by atoms with van der Waals surface area (Å²) in [6, 6.07) is 11.5. The maximum absolute atomic E-state index is 3.73. The quantitative estimate of drug-likeness (QED) is 0.827. The predicted molar refractivity (Wildman–Crippen MR) is 84.7 cm³/mol. The van der Waals surface area contributed by atoms with Crippen LogP contribution in [0.25, 0.3) is 10.1 Å². The van der Waals surface area contributed by atoms with E-state index >= 15 is 0 Å². The van der Waals surface area contributed by atoms with E-state index in [1.807, 2.05) is 11.3 Å². The lowest BCUT2D eigenvalue weighted by Gasteiger charge is -2.16. The maximum Gasteiger partial charge on any atom is 0.0386 e. The third kappa shape index (κ3) is 3.01. The SMILES string of the molecule is CC1CCC(CNC(C)c2cc3ccccc3s2)C1. The number of hydrogen-bond acceptors (Lipinski definition) is 2. The molecule has 2 heteroatoms. The van der Waals surface area contributed by atoms with Crippen LogP contribution in [0.5, 0.6) is 0 Å². The molecule has 0 bridgehead atoms. The molecule has 2 aromatic rings. The number of rotatable bonds is 4. The van der Waals surface area contributed by atoms with Crippen LogP contribution in [0.2, 0.25) is 0 Å². The first kappa shape index (κ1) is 13.1. The summed E-state index contributed by atoms with van der Waals surface area (Å²) >= 11 is 1.93. The Morgan fingerprint density at radius 1 is 1.32 bits per heavy atom. The summed E-state index contributed by atoms with van der Waals surface area (Å²) in [5.74, 6) is 1.83. The van der Waals surface area contributed by atoms with Gasteiger partial charge in [-0.25, -0.2) is 0 Å². The molecule has 0 amide bonds. The van der Waals surface area contributed by atoms with E-state index in [2.05, 4.69) is 49.5 Å². The van der Waals surface area contributed by atoms with E-state index in [9.17, 15) is 0 Å². The molecule has 0 spiro atoms. The normalized spacial score (nSPS) is 24.9. The molecule has 1 aliphatic rings. The molecule has 19 heavy (non-hydrogen) atoms. The average Bonchev–Trinajstić information content (AvgIpc) is 3.01. The van der Waals surface area contributed by atoms with E-state index in [1.165, 1.54) is 40.8 Å². The van der Waals surface area contributed by atoms with Gasteiger partial charge in [-0.05, 0) is 55.7 Å². The Hall–Kier alpha value is -0.860. The van der Waals surface area contributed by atoms with Crippen LogP contribution in [0, 0.1) is 11.8 Å². The van der Waals surface area contributed by atoms with Crippen LogP contribution in [0.4, 0.5) is 0 Å². The number of hydrogen-bond donors (Lipinski definition) is 1. The van der Waals surface area contributed by atoms with E-state index in [-0.39, 0.29) is 0 Å². The van der Waals surface area contributed by atoms with Crippen molar-refractivity contribution in [2.75, 3.05) is 6.54 Å². The number of nitrogens with one attached hydrogen (secondary N) is 1. The van der Waals surface area contributed by atoms with Gasteiger partial charge >= 0.3 is 0 Å². The van der Waals surface area contributed by atoms with Gasteiger partial charge in [-0.3, -0.25) is 0 Å². The first-order valence-corrected chi connectivity index (χ1v) is 8.26. The molecule has 102 valence electrons. The van der Waals surface area contributed by atoms with Crippen LogP contribution < -0.4 is 5.32 Å². The molecule has 1 aromatic heterocycles. The van der Waals surface area contributed by atoms with Gasteiger partial charge in [0, 0.05) is 15.6 Å². The highest BCUT2D eigenvalue weighted by Gasteiger charge is 2.21. The molecule has 0 saturated heterocycles. The Bertz CT molecular complexity index is 512. The van der Waals surface area contributed by atoms with Crippen LogP contribution in [0.3, 0.4) is 0 Å². The summed E-state index contributed by atoms with van der Waals surface area (Å²) in [5, 5.41) is 5.11. The Morgan fingerprint density at radius 2 is 2.16 bits per heavy atom. The molecule has 0 radical (unpaired) electrons. The lowest BCUT2D eigenvalue weighted by Crippen LogP contribution is -2.24. The Kier molecular flexibility index (Phi) is 3.90. The average molecular weight is 273 g/mol. The maximum atomic E-state index is 3.73. The second kappa shape index (κ2) is 5.64. The van der Waals surface area contributed by atoms with Crippen LogP contribution >= 0.6 is 11.3 Å². The van der Waals surface area contributed by atoms with E-state index in [0.29, 0.717) is 6.04 Å². The van der Waals surface area contributed by atoms with E-state index in [1.54, 1.807) is 0 Å². The highest BCUT2D eigenvalue weighted by atomic mass is 32.1. The van der Waals surface area contributed by atoms with Crippen LogP contribution in [0.15, 0.2) is 30.3 Å². The minimum Gasteiger partial charge on any atom is -0.309 e. The molecule has 3 rings (SSSR count). The second-order valence-electron chi connectivity index (χ2n) is 6.10. The van der Waals surface area contributed by atoms with Crippen molar-refractivity contribution in [3.8, 4) is 0 Å². The minimum atomic E-state index is 0.480. The molecule has 1 fully saturated rings. The summed E-state index contributed by atoms with van der Waals surface area (Å²) in [6.45, 7) is 5.86. The lowest BCUT2D eigenvalue weighted by atomic mass is 10.1. The predicted octanol–water partition coefficient (Wildman–Crippen LogP) is 4.99. The van der Waals surface area contributed by atoms with Gasteiger partial charge in [-0.1, -0.05) is 31.5 Å². The monoisotopic (exact) mass is 273 g/mol. The zero-order valence-electron chi connectivity index (χ0n) is 11.9. The van der Waals surface area contributed by atoms with E-state index in [4.69, 9.17) is 0 Å². The molecule has 1 N–H and O–H groups in total. The summed E-state index contributed by atoms with van der Waals surface area (Å²) in [5.41, 5.74) is 0. The van der Waals surface area contributed by atoms with E-state index < -0.39 is 0 Å². The van der Waals surface area contributed by atoms with Crippen molar-refractivity contribution >= 4 is 21.4 Å². The first-order valence-electron chi connectivity index (χ1n) is 7.44. The van der Waals surface area contributed by atoms with Gasteiger partial charge in [-0.2, -0.15) is 0 Å². The van der Waals surface area contributed by atoms with Gasteiger partial charge in [0.05, 0.1) is 0 Å². The van der Waals surface area contributed by atoms with Crippen LogP contribution in [0.1, 0.15) is 44.0 Å². The molecular weight excluding hydrogens is 250 g/mol. The van der Waals surface area contributed by atoms with Gasteiger partial charge in [0.15, 0.2) is 0 Å². The highest BCUT2D eigenvalue weighted by Crippen LogP contribution is 2.32. The zero-order valence-corrected chi connectivity index (χ0v) is 12.7. The fourth-order valence-electron chi connectivity index (χ4n) is 3.17. The molecule has 1 heterocycles. The van der Waals surface area contributed by atoms with Gasteiger partial charge in [0.25, 0.3) is 0 Å². The molecular formula is C17H23NS. The largest absolute Gasteiger partial charge is 0.309 e. The smallest absolute Gasteiger partial charge is 0.0386 e. The molecule has 1 aromatic carbocycles. The van der Waals surface area contributed by atoms with Gasteiger partial charge in [0.1, 0.15) is 0 Å².